The second kappa shape index (κ2) is 6.11. The van der Waals surface area contributed by atoms with E-state index in [4.69, 9.17) is 5.26 Å². The number of carbonyl (C=O) groups excluding carboxylic acids is 2. The standard InChI is InChI=1S/C14H10N4O2/c15-8-10-4-1-2-6-12(10)18-14(20)13(19)17-11-5-3-7-16-9-11/h1-7,9H,(H,17,19)(H,18,20). The van der Waals surface area contributed by atoms with E-state index in [2.05, 4.69) is 15.6 Å². The Kier molecular flexibility index (Phi) is 4.04. The van der Waals surface area contributed by atoms with Crippen LogP contribution in [0.25, 0.3) is 0 Å². The number of nitriles is 1. The van der Waals surface area contributed by atoms with Gasteiger partial charge in [-0.1, -0.05) is 12.1 Å². The van der Waals surface area contributed by atoms with E-state index in [0.717, 1.165) is 0 Å². The van der Waals surface area contributed by atoms with Gasteiger partial charge >= 0.3 is 11.8 Å². The number of nitrogens with one attached hydrogen (secondary N) is 2. The molecule has 20 heavy (non-hydrogen) atoms. The van der Waals surface area contributed by atoms with Gasteiger partial charge in [0.25, 0.3) is 0 Å². The van der Waals surface area contributed by atoms with Crippen molar-refractivity contribution in [1.29, 1.82) is 5.26 Å². The molecular weight excluding hydrogens is 256 g/mol. The fraction of sp³-hybridized carbons (Fsp3) is 0. The van der Waals surface area contributed by atoms with Crippen molar-refractivity contribution in [3.05, 3.63) is 54.4 Å². The normalized spacial score (nSPS) is 9.35. The predicted octanol–water partition coefficient (Wildman–Crippen LogP) is 1.53. The van der Waals surface area contributed by atoms with Gasteiger partial charge in [0.1, 0.15) is 6.07 Å². The summed E-state index contributed by atoms with van der Waals surface area (Å²) in [5, 5.41) is 13.7. The fourth-order valence-electron chi connectivity index (χ4n) is 1.49. The predicted molar refractivity (Wildman–Crippen MR) is 72.7 cm³/mol. The Morgan fingerprint density at radius 1 is 1.05 bits per heavy atom. The van der Waals surface area contributed by atoms with Gasteiger partial charge < -0.3 is 10.6 Å². The lowest BCUT2D eigenvalue weighted by molar-refractivity contribution is -0.133. The molecule has 2 N–H and O–H groups in total. The molecule has 1 heterocycles. The van der Waals surface area contributed by atoms with Crippen LogP contribution in [0.5, 0.6) is 0 Å². The first-order valence-electron chi connectivity index (χ1n) is 5.72. The molecule has 0 radical (unpaired) electrons. The first kappa shape index (κ1) is 13.2. The average Bonchev–Trinajstić information content (AvgIpc) is 2.48. The molecule has 0 fully saturated rings. The number of rotatable bonds is 2. The summed E-state index contributed by atoms with van der Waals surface area (Å²) in [4.78, 5) is 27.2. The Balaban J connectivity index is 2.05. The van der Waals surface area contributed by atoms with Gasteiger partial charge in [0.05, 0.1) is 23.1 Å². The number of hydrogen-bond acceptors (Lipinski definition) is 4. The first-order chi connectivity index (χ1) is 9.70. The van der Waals surface area contributed by atoms with Crippen LogP contribution in [0.2, 0.25) is 0 Å². The lowest BCUT2D eigenvalue weighted by Crippen LogP contribution is -2.29. The van der Waals surface area contributed by atoms with E-state index in [1.807, 2.05) is 6.07 Å². The van der Waals surface area contributed by atoms with Gasteiger partial charge in [0, 0.05) is 6.20 Å². The largest absolute Gasteiger partial charge is 0.317 e. The third-order valence-corrected chi connectivity index (χ3v) is 2.42. The Labute approximate surface area is 115 Å². The molecule has 0 aliphatic carbocycles. The minimum absolute atomic E-state index is 0.287. The summed E-state index contributed by atoms with van der Waals surface area (Å²) >= 11 is 0. The van der Waals surface area contributed by atoms with Crippen LogP contribution in [0.3, 0.4) is 0 Å². The monoisotopic (exact) mass is 266 g/mol. The van der Waals surface area contributed by atoms with Gasteiger partial charge in [-0.25, -0.2) is 0 Å². The summed E-state index contributed by atoms with van der Waals surface area (Å²) in [6.45, 7) is 0. The maximum atomic E-state index is 11.7. The molecule has 2 rings (SSSR count). The third kappa shape index (κ3) is 3.17. The molecule has 0 bridgehead atoms. The van der Waals surface area contributed by atoms with E-state index in [1.165, 1.54) is 6.20 Å². The van der Waals surface area contributed by atoms with Crippen molar-refractivity contribution in [3.8, 4) is 6.07 Å². The maximum Gasteiger partial charge on any atom is 0.314 e. The van der Waals surface area contributed by atoms with Gasteiger partial charge in [-0.05, 0) is 24.3 Å². The van der Waals surface area contributed by atoms with Crippen LogP contribution in [0.15, 0.2) is 48.8 Å². The Morgan fingerprint density at radius 2 is 1.80 bits per heavy atom. The highest BCUT2D eigenvalue weighted by molar-refractivity contribution is 6.43. The van der Waals surface area contributed by atoms with Crippen molar-refractivity contribution in [2.45, 2.75) is 0 Å². The molecular formula is C14H10N4O2. The Morgan fingerprint density at radius 3 is 2.50 bits per heavy atom. The molecule has 0 unspecified atom stereocenters. The molecule has 0 aliphatic heterocycles. The Bertz CT molecular complexity index is 677. The molecule has 0 spiro atoms. The van der Waals surface area contributed by atoms with E-state index < -0.39 is 11.8 Å². The minimum atomic E-state index is -0.850. The first-order valence-corrected chi connectivity index (χ1v) is 5.72. The molecule has 1 aromatic heterocycles. The minimum Gasteiger partial charge on any atom is -0.317 e. The quantitative estimate of drug-likeness (QED) is 0.806. The van der Waals surface area contributed by atoms with Crippen molar-refractivity contribution in [1.82, 2.24) is 4.98 Å². The molecule has 1 aromatic carbocycles. The Hall–Kier alpha value is -3.20. The van der Waals surface area contributed by atoms with Gasteiger partial charge in [-0.15, -0.1) is 0 Å². The molecule has 0 atom stereocenters. The van der Waals surface area contributed by atoms with Crippen LogP contribution in [0, 0.1) is 11.3 Å². The van der Waals surface area contributed by atoms with Crippen molar-refractivity contribution < 1.29 is 9.59 Å². The number of amides is 2. The summed E-state index contributed by atoms with van der Waals surface area (Å²) in [5.41, 5.74) is 0.998. The zero-order valence-corrected chi connectivity index (χ0v) is 10.3. The number of benzene rings is 1. The fourth-order valence-corrected chi connectivity index (χ4v) is 1.49. The highest BCUT2D eigenvalue weighted by Crippen LogP contribution is 2.13. The molecule has 0 saturated heterocycles. The van der Waals surface area contributed by atoms with Crippen LogP contribution in [0.4, 0.5) is 11.4 Å². The van der Waals surface area contributed by atoms with E-state index in [0.29, 0.717) is 11.4 Å². The second-order valence-electron chi connectivity index (χ2n) is 3.81. The summed E-state index contributed by atoms with van der Waals surface area (Å²) < 4.78 is 0. The summed E-state index contributed by atoms with van der Waals surface area (Å²) in [6, 6.07) is 11.6. The molecule has 0 aliphatic rings. The molecule has 98 valence electrons. The van der Waals surface area contributed by atoms with Crippen molar-refractivity contribution in [3.63, 3.8) is 0 Å². The van der Waals surface area contributed by atoms with Crippen LogP contribution in [0.1, 0.15) is 5.56 Å². The zero-order chi connectivity index (χ0) is 14.4. The maximum absolute atomic E-state index is 11.7. The topological polar surface area (TPSA) is 94.9 Å². The number of pyridine rings is 1. The van der Waals surface area contributed by atoms with Gasteiger partial charge in [-0.3, -0.25) is 14.6 Å². The third-order valence-electron chi connectivity index (χ3n) is 2.42. The zero-order valence-electron chi connectivity index (χ0n) is 10.3. The molecule has 2 aromatic rings. The number of nitrogens with zero attached hydrogens (tertiary/aromatic N) is 2. The summed E-state index contributed by atoms with van der Waals surface area (Å²) in [6.07, 6.45) is 2.98. The van der Waals surface area contributed by atoms with Crippen LogP contribution in [-0.4, -0.2) is 16.8 Å². The summed E-state index contributed by atoms with van der Waals surface area (Å²) in [5.74, 6) is -1.68. The molecule has 6 heteroatoms. The van der Waals surface area contributed by atoms with E-state index in [-0.39, 0.29) is 5.56 Å². The van der Waals surface area contributed by atoms with Crippen molar-refractivity contribution in [2.75, 3.05) is 10.6 Å². The van der Waals surface area contributed by atoms with E-state index in [9.17, 15) is 9.59 Å². The number of hydrogen-bond donors (Lipinski definition) is 2. The lowest BCUT2D eigenvalue weighted by Gasteiger charge is -2.07. The van der Waals surface area contributed by atoms with Crippen molar-refractivity contribution >= 4 is 23.2 Å². The van der Waals surface area contributed by atoms with Gasteiger partial charge in [0.2, 0.25) is 0 Å². The second-order valence-corrected chi connectivity index (χ2v) is 3.81. The number of para-hydroxylation sites is 1. The van der Waals surface area contributed by atoms with Crippen LogP contribution in [-0.2, 0) is 9.59 Å². The number of aromatic nitrogens is 1. The SMILES string of the molecule is N#Cc1ccccc1NC(=O)C(=O)Nc1cccnc1. The van der Waals surface area contributed by atoms with Crippen LogP contribution >= 0.6 is 0 Å². The lowest BCUT2D eigenvalue weighted by atomic mass is 10.2. The van der Waals surface area contributed by atoms with Crippen LogP contribution < -0.4 is 10.6 Å². The van der Waals surface area contributed by atoms with E-state index >= 15 is 0 Å². The smallest absolute Gasteiger partial charge is 0.314 e. The van der Waals surface area contributed by atoms with E-state index in [1.54, 1.807) is 42.6 Å². The van der Waals surface area contributed by atoms with Gasteiger partial charge in [0.15, 0.2) is 0 Å². The highest BCUT2D eigenvalue weighted by Gasteiger charge is 2.15. The van der Waals surface area contributed by atoms with Crippen molar-refractivity contribution in [2.24, 2.45) is 0 Å². The molecule has 0 saturated carbocycles. The number of anilines is 2. The highest BCUT2D eigenvalue weighted by atomic mass is 16.2. The molecule has 6 nitrogen and oxygen atoms in total. The van der Waals surface area contributed by atoms with Gasteiger partial charge in [-0.2, -0.15) is 5.26 Å². The number of carbonyl (C=O) groups is 2. The summed E-state index contributed by atoms with van der Waals surface area (Å²) in [7, 11) is 0. The average molecular weight is 266 g/mol. The molecule has 2 amide bonds.